The smallest absolute Gasteiger partial charge is 0.358 e. The second-order valence-electron chi connectivity index (χ2n) is 5.43. The largest absolute Gasteiger partial charge is 0.464 e. The van der Waals surface area contributed by atoms with E-state index in [1.807, 2.05) is 25.1 Å². The second kappa shape index (κ2) is 5.84. The van der Waals surface area contributed by atoms with Crippen molar-refractivity contribution in [2.24, 2.45) is 7.05 Å². The first-order valence-corrected chi connectivity index (χ1v) is 7.35. The Balaban J connectivity index is 2.01. The van der Waals surface area contributed by atoms with Gasteiger partial charge in [0.25, 0.3) is 5.91 Å². The summed E-state index contributed by atoms with van der Waals surface area (Å²) < 4.78 is 11.8. The number of aryl methyl sites for hydroxylation is 3. The number of benzene rings is 1. The van der Waals surface area contributed by atoms with E-state index in [4.69, 9.17) is 9.15 Å². The molecule has 7 nitrogen and oxygen atoms in total. The number of amides is 1. The van der Waals surface area contributed by atoms with E-state index in [1.54, 1.807) is 20.0 Å². The van der Waals surface area contributed by atoms with Crippen LogP contribution in [0.3, 0.4) is 0 Å². The molecular weight excluding hydrogens is 310 g/mol. The van der Waals surface area contributed by atoms with Gasteiger partial charge in [-0.15, -0.1) is 0 Å². The maximum atomic E-state index is 12.6. The lowest BCUT2D eigenvalue weighted by atomic mass is 10.1. The minimum atomic E-state index is -0.574. The van der Waals surface area contributed by atoms with E-state index in [9.17, 15) is 9.59 Å². The summed E-state index contributed by atoms with van der Waals surface area (Å²) in [5.74, 6) is -0.810. The van der Waals surface area contributed by atoms with Crippen LogP contribution in [-0.2, 0) is 11.8 Å². The van der Waals surface area contributed by atoms with Gasteiger partial charge < -0.3 is 14.5 Å². The first-order valence-electron chi connectivity index (χ1n) is 7.35. The van der Waals surface area contributed by atoms with Crippen molar-refractivity contribution in [2.45, 2.75) is 13.8 Å². The normalized spacial score (nSPS) is 10.8. The minimum Gasteiger partial charge on any atom is -0.464 e. The average molecular weight is 327 g/mol. The molecule has 7 heteroatoms. The maximum Gasteiger partial charge on any atom is 0.358 e. The third kappa shape index (κ3) is 2.44. The molecule has 1 aromatic carbocycles. The van der Waals surface area contributed by atoms with Crippen LogP contribution in [0.2, 0.25) is 0 Å². The molecule has 1 amide bonds. The standard InChI is InChI=1S/C17H17N3O4/c1-9-11-7-5-6-8-12(11)24-15(9)16(21)18-13-10(2)19-20(3)14(13)17(22)23-4/h5-8H,1-4H3,(H,18,21). The van der Waals surface area contributed by atoms with E-state index >= 15 is 0 Å². The van der Waals surface area contributed by atoms with Crippen LogP contribution in [0.15, 0.2) is 28.7 Å². The number of anilines is 1. The Bertz CT molecular complexity index is 952. The van der Waals surface area contributed by atoms with Crippen molar-refractivity contribution in [3.8, 4) is 0 Å². The molecule has 0 unspecified atom stereocenters. The van der Waals surface area contributed by atoms with Gasteiger partial charge in [-0.2, -0.15) is 5.10 Å². The third-order valence-electron chi connectivity index (χ3n) is 3.89. The third-order valence-corrected chi connectivity index (χ3v) is 3.89. The van der Waals surface area contributed by atoms with Crippen molar-refractivity contribution in [1.82, 2.24) is 9.78 Å². The lowest BCUT2D eigenvalue weighted by Gasteiger charge is -2.06. The number of carbonyl (C=O) groups excluding carboxylic acids is 2. The summed E-state index contributed by atoms with van der Waals surface area (Å²) in [5, 5.41) is 7.75. The molecule has 124 valence electrons. The number of esters is 1. The zero-order valence-corrected chi connectivity index (χ0v) is 13.8. The zero-order valence-electron chi connectivity index (χ0n) is 13.8. The van der Waals surface area contributed by atoms with Gasteiger partial charge in [-0.25, -0.2) is 4.79 Å². The molecule has 0 saturated heterocycles. The highest BCUT2D eigenvalue weighted by molar-refractivity contribution is 6.09. The number of para-hydroxylation sites is 1. The summed E-state index contributed by atoms with van der Waals surface area (Å²) in [6.07, 6.45) is 0. The van der Waals surface area contributed by atoms with Crippen LogP contribution in [0.1, 0.15) is 32.3 Å². The second-order valence-corrected chi connectivity index (χ2v) is 5.43. The molecule has 3 aromatic rings. The predicted molar refractivity (Wildman–Crippen MR) is 88.2 cm³/mol. The SMILES string of the molecule is COC(=O)c1c(NC(=O)c2oc3ccccc3c2C)c(C)nn1C. The number of hydrogen-bond acceptors (Lipinski definition) is 5. The van der Waals surface area contributed by atoms with Crippen LogP contribution in [-0.4, -0.2) is 28.8 Å². The van der Waals surface area contributed by atoms with Crippen molar-refractivity contribution in [3.63, 3.8) is 0 Å². The van der Waals surface area contributed by atoms with Gasteiger partial charge in [0.05, 0.1) is 18.5 Å². The molecule has 0 spiro atoms. The summed E-state index contributed by atoms with van der Waals surface area (Å²) in [4.78, 5) is 24.6. The van der Waals surface area contributed by atoms with Gasteiger partial charge >= 0.3 is 5.97 Å². The number of rotatable bonds is 3. The van der Waals surface area contributed by atoms with Crippen LogP contribution >= 0.6 is 0 Å². The number of aromatic nitrogens is 2. The van der Waals surface area contributed by atoms with Crippen LogP contribution in [0.4, 0.5) is 5.69 Å². The summed E-state index contributed by atoms with van der Waals surface area (Å²) in [6.45, 7) is 3.52. The molecule has 0 bridgehead atoms. The molecule has 0 aliphatic carbocycles. The van der Waals surface area contributed by atoms with Gasteiger partial charge in [-0.1, -0.05) is 18.2 Å². The van der Waals surface area contributed by atoms with Gasteiger partial charge in [0.2, 0.25) is 0 Å². The number of hydrogen-bond donors (Lipinski definition) is 1. The van der Waals surface area contributed by atoms with Crippen molar-refractivity contribution < 1.29 is 18.7 Å². The first kappa shape index (κ1) is 15.8. The van der Waals surface area contributed by atoms with Crippen molar-refractivity contribution in [2.75, 3.05) is 12.4 Å². The van der Waals surface area contributed by atoms with E-state index in [0.717, 1.165) is 10.9 Å². The van der Waals surface area contributed by atoms with Crippen molar-refractivity contribution >= 4 is 28.5 Å². The topological polar surface area (TPSA) is 86.4 Å². The fourth-order valence-corrected chi connectivity index (χ4v) is 2.70. The average Bonchev–Trinajstić information content (AvgIpc) is 3.04. The van der Waals surface area contributed by atoms with Gasteiger partial charge in [-0.3, -0.25) is 9.48 Å². The van der Waals surface area contributed by atoms with Gasteiger partial charge in [0, 0.05) is 18.0 Å². The number of carbonyl (C=O) groups is 2. The number of nitrogens with zero attached hydrogens (tertiary/aromatic N) is 2. The fourth-order valence-electron chi connectivity index (χ4n) is 2.70. The molecule has 0 fully saturated rings. The lowest BCUT2D eigenvalue weighted by molar-refractivity contribution is 0.0589. The zero-order chi connectivity index (χ0) is 17.4. The summed E-state index contributed by atoms with van der Waals surface area (Å²) >= 11 is 0. The highest BCUT2D eigenvalue weighted by atomic mass is 16.5. The first-order chi connectivity index (χ1) is 11.4. The predicted octanol–water partition coefficient (Wildman–Crippen LogP) is 2.82. The highest BCUT2D eigenvalue weighted by Gasteiger charge is 2.25. The van der Waals surface area contributed by atoms with Crippen molar-refractivity contribution in [3.05, 3.63) is 47.0 Å². The quantitative estimate of drug-likeness (QED) is 0.748. The van der Waals surface area contributed by atoms with Crippen LogP contribution in [0, 0.1) is 13.8 Å². The number of fused-ring (bicyclic) bond motifs is 1. The Hall–Kier alpha value is -3.09. The molecule has 2 aromatic heterocycles. The van der Waals surface area contributed by atoms with E-state index in [1.165, 1.54) is 11.8 Å². The van der Waals surface area contributed by atoms with Crippen LogP contribution < -0.4 is 5.32 Å². The van der Waals surface area contributed by atoms with Gasteiger partial charge in [-0.05, 0) is 19.9 Å². The van der Waals surface area contributed by atoms with Gasteiger partial charge in [0.1, 0.15) is 5.58 Å². The monoisotopic (exact) mass is 327 g/mol. The number of furan rings is 1. The summed E-state index contributed by atoms with van der Waals surface area (Å²) in [6, 6.07) is 7.41. The molecule has 0 radical (unpaired) electrons. The minimum absolute atomic E-state index is 0.178. The van der Waals surface area contributed by atoms with E-state index in [0.29, 0.717) is 17.0 Å². The number of ether oxygens (including phenoxy) is 1. The molecule has 0 aliphatic rings. The van der Waals surface area contributed by atoms with Crippen LogP contribution in [0.5, 0.6) is 0 Å². The van der Waals surface area contributed by atoms with Gasteiger partial charge in [0.15, 0.2) is 11.5 Å². The summed E-state index contributed by atoms with van der Waals surface area (Å²) in [5.41, 5.74) is 2.38. The maximum absolute atomic E-state index is 12.6. The number of nitrogens with one attached hydrogen (secondary N) is 1. The fraction of sp³-hybridized carbons (Fsp3) is 0.235. The molecule has 3 rings (SSSR count). The Morgan fingerprint density at radius 3 is 2.62 bits per heavy atom. The van der Waals surface area contributed by atoms with E-state index in [-0.39, 0.29) is 11.5 Å². The van der Waals surface area contributed by atoms with Crippen LogP contribution in [0.25, 0.3) is 11.0 Å². The lowest BCUT2D eigenvalue weighted by Crippen LogP contribution is -2.17. The van der Waals surface area contributed by atoms with Crippen molar-refractivity contribution in [1.29, 1.82) is 0 Å². The highest BCUT2D eigenvalue weighted by Crippen LogP contribution is 2.27. The molecule has 2 heterocycles. The molecule has 0 saturated carbocycles. The molecule has 1 N–H and O–H groups in total. The molecule has 0 aliphatic heterocycles. The molecular formula is C17H17N3O4. The molecule has 0 atom stereocenters. The van der Waals surface area contributed by atoms with E-state index < -0.39 is 11.9 Å². The summed E-state index contributed by atoms with van der Waals surface area (Å²) in [7, 11) is 2.89. The molecule has 24 heavy (non-hydrogen) atoms. The Morgan fingerprint density at radius 1 is 1.25 bits per heavy atom. The Labute approximate surface area is 138 Å². The Kier molecular flexibility index (Phi) is 3.84. The van der Waals surface area contributed by atoms with E-state index in [2.05, 4.69) is 10.4 Å². The Morgan fingerprint density at radius 2 is 1.96 bits per heavy atom. The number of methoxy groups -OCH3 is 1.